The van der Waals surface area contributed by atoms with Crippen LogP contribution in [0.15, 0.2) is 41.2 Å². The van der Waals surface area contributed by atoms with Gasteiger partial charge in [-0.3, -0.25) is 4.79 Å². The predicted octanol–water partition coefficient (Wildman–Crippen LogP) is 3.16. The van der Waals surface area contributed by atoms with Gasteiger partial charge in [0.05, 0.1) is 11.8 Å². The third-order valence-electron chi connectivity index (χ3n) is 3.97. The van der Waals surface area contributed by atoms with Crippen molar-refractivity contribution in [2.24, 2.45) is 5.92 Å². The van der Waals surface area contributed by atoms with E-state index in [0.29, 0.717) is 5.56 Å². The maximum atomic E-state index is 11.9. The molecule has 110 valence electrons. The molecule has 1 aromatic carbocycles. The topological polar surface area (TPSA) is 58.4 Å². The molecule has 5 heteroatoms. The molecule has 1 aromatic heterocycles. The quantitative estimate of drug-likeness (QED) is 0.941. The molecule has 0 atom stereocenters. The number of carbonyl (C=O) groups excluding carboxylic acids is 1. The van der Waals surface area contributed by atoms with Gasteiger partial charge in [0.15, 0.2) is 0 Å². The first-order valence-corrected chi connectivity index (χ1v) is 7.28. The number of nitrogens with zero attached hydrogens (tertiary/aromatic N) is 2. The molecule has 0 saturated carbocycles. The number of hydrogen-bond donors (Lipinski definition) is 1. The number of nitrogens with one attached hydrogen (secondary N) is 1. The van der Waals surface area contributed by atoms with Crippen LogP contribution in [0, 0.1) is 5.92 Å². The zero-order valence-corrected chi connectivity index (χ0v) is 12.1. The van der Waals surface area contributed by atoms with E-state index in [0.717, 1.165) is 24.7 Å². The number of amides is 1. The van der Waals surface area contributed by atoms with E-state index in [4.69, 9.17) is 0 Å². The Morgan fingerprint density at radius 2 is 2.00 bits per heavy atom. The summed E-state index contributed by atoms with van der Waals surface area (Å²) in [6.07, 6.45) is 5.22. The summed E-state index contributed by atoms with van der Waals surface area (Å²) in [5.41, 5.74) is 2.41. The molecule has 1 aliphatic heterocycles. The van der Waals surface area contributed by atoms with Gasteiger partial charge in [-0.05, 0) is 43.0 Å². The SMILES string of the molecule is CC1CCN(c2ccc(NC(=O)c3cnoc3)cc2)CC1. The van der Waals surface area contributed by atoms with Gasteiger partial charge in [-0.15, -0.1) is 0 Å². The van der Waals surface area contributed by atoms with Crippen molar-refractivity contribution in [3.05, 3.63) is 42.3 Å². The molecule has 2 aromatic rings. The van der Waals surface area contributed by atoms with Crippen molar-refractivity contribution in [2.45, 2.75) is 19.8 Å². The summed E-state index contributed by atoms with van der Waals surface area (Å²) in [6.45, 7) is 4.52. The van der Waals surface area contributed by atoms with E-state index in [9.17, 15) is 4.79 Å². The molecule has 3 rings (SSSR count). The number of anilines is 2. The van der Waals surface area contributed by atoms with Crippen LogP contribution >= 0.6 is 0 Å². The van der Waals surface area contributed by atoms with Crippen molar-refractivity contribution >= 4 is 17.3 Å². The average molecular weight is 285 g/mol. The fraction of sp³-hybridized carbons (Fsp3) is 0.375. The minimum absolute atomic E-state index is 0.212. The summed E-state index contributed by atoms with van der Waals surface area (Å²) in [5, 5.41) is 6.35. The number of benzene rings is 1. The van der Waals surface area contributed by atoms with Gasteiger partial charge in [-0.25, -0.2) is 0 Å². The fourth-order valence-corrected chi connectivity index (χ4v) is 2.54. The Kier molecular flexibility index (Phi) is 3.90. The maximum Gasteiger partial charge on any atom is 0.260 e. The molecule has 1 N–H and O–H groups in total. The van der Waals surface area contributed by atoms with Crippen LogP contribution in [0.25, 0.3) is 0 Å². The van der Waals surface area contributed by atoms with E-state index in [1.807, 2.05) is 12.1 Å². The smallest absolute Gasteiger partial charge is 0.260 e. The van der Waals surface area contributed by atoms with Crippen molar-refractivity contribution < 1.29 is 9.32 Å². The molecular weight excluding hydrogens is 266 g/mol. The highest BCUT2D eigenvalue weighted by Gasteiger charge is 2.16. The molecule has 0 spiro atoms. The normalized spacial score (nSPS) is 16.0. The molecular formula is C16H19N3O2. The highest BCUT2D eigenvalue weighted by Crippen LogP contribution is 2.24. The summed E-state index contributed by atoms with van der Waals surface area (Å²) < 4.78 is 4.66. The van der Waals surface area contributed by atoms with Gasteiger partial charge < -0.3 is 14.7 Å². The zero-order chi connectivity index (χ0) is 14.7. The Labute approximate surface area is 123 Å². The van der Waals surface area contributed by atoms with Gasteiger partial charge in [0.25, 0.3) is 5.91 Å². The van der Waals surface area contributed by atoms with Gasteiger partial charge in [0.2, 0.25) is 0 Å². The van der Waals surface area contributed by atoms with Gasteiger partial charge in [-0.1, -0.05) is 12.1 Å². The van der Waals surface area contributed by atoms with Crippen molar-refractivity contribution in [2.75, 3.05) is 23.3 Å². The van der Waals surface area contributed by atoms with Crippen LogP contribution in [-0.4, -0.2) is 24.2 Å². The molecule has 0 unspecified atom stereocenters. The lowest BCUT2D eigenvalue weighted by Crippen LogP contribution is -2.32. The molecule has 0 bridgehead atoms. The largest absolute Gasteiger partial charge is 0.372 e. The Morgan fingerprint density at radius 1 is 1.29 bits per heavy atom. The van der Waals surface area contributed by atoms with Gasteiger partial charge in [0.1, 0.15) is 6.26 Å². The molecule has 1 aliphatic rings. The molecule has 1 amide bonds. The Balaban J connectivity index is 1.63. The number of piperidine rings is 1. The molecule has 0 aliphatic carbocycles. The first kappa shape index (κ1) is 13.7. The van der Waals surface area contributed by atoms with Gasteiger partial charge >= 0.3 is 0 Å². The van der Waals surface area contributed by atoms with E-state index >= 15 is 0 Å². The standard InChI is InChI=1S/C16H19N3O2/c1-12-6-8-19(9-7-12)15-4-2-14(3-5-15)18-16(20)13-10-17-21-11-13/h2-5,10-12H,6-9H2,1H3,(H,18,20). The van der Waals surface area contributed by atoms with E-state index in [-0.39, 0.29) is 5.91 Å². The van der Waals surface area contributed by atoms with Crippen LogP contribution < -0.4 is 10.2 Å². The second-order valence-corrected chi connectivity index (χ2v) is 5.58. The first-order chi connectivity index (χ1) is 10.2. The van der Waals surface area contributed by atoms with E-state index in [2.05, 4.69) is 39.0 Å². The predicted molar refractivity (Wildman–Crippen MR) is 81.5 cm³/mol. The molecule has 1 fully saturated rings. The molecule has 1 saturated heterocycles. The summed E-state index contributed by atoms with van der Waals surface area (Å²) in [6, 6.07) is 7.97. The van der Waals surface area contributed by atoms with Crippen molar-refractivity contribution in [3.63, 3.8) is 0 Å². The lowest BCUT2D eigenvalue weighted by Gasteiger charge is -2.32. The lowest BCUT2D eigenvalue weighted by atomic mass is 9.99. The van der Waals surface area contributed by atoms with Crippen LogP contribution in [0.5, 0.6) is 0 Å². The Bertz CT molecular complexity index is 584. The number of carbonyl (C=O) groups is 1. The summed E-state index contributed by atoms with van der Waals surface area (Å²) in [7, 11) is 0. The zero-order valence-electron chi connectivity index (χ0n) is 12.1. The van der Waals surface area contributed by atoms with Crippen LogP contribution in [0.3, 0.4) is 0 Å². The average Bonchev–Trinajstić information content (AvgIpc) is 3.03. The number of aromatic nitrogens is 1. The first-order valence-electron chi connectivity index (χ1n) is 7.28. The lowest BCUT2D eigenvalue weighted by molar-refractivity contribution is 0.102. The molecule has 2 heterocycles. The number of hydrogen-bond acceptors (Lipinski definition) is 4. The minimum Gasteiger partial charge on any atom is -0.372 e. The van der Waals surface area contributed by atoms with E-state index in [1.54, 1.807) is 0 Å². The third kappa shape index (κ3) is 3.24. The minimum atomic E-state index is -0.212. The molecule has 21 heavy (non-hydrogen) atoms. The number of rotatable bonds is 3. The van der Waals surface area contributed by atoms with Crippen molar-refractivity contribution in [3.8, 4) is 0 Å². The summed E-state index contributed by atoms with van der Waals surface area (Å²) >= 11 is 0. The van der Waals surface area contributed by atoms with Crippen LogP contribution in [0.2, 0.25) is 0 Å². The highest BCUT2D eigenvalue weighted by atomic mass is 16.5. The monoisotopic (exact) mass is 285 g/mol. The second kappa shape index (κ2) is 5.99. The summed E-state index contributed by atoms with van der Waals surface area (Å²) in [5.74, 6) is 0.610. The summed E-state index contributed by atoms with van der Waals surface area (Å²) in [4.78, 5) is 14.3. The van der Waals surface area contributed by atoms with Crippen molar-refractivity contribution in [1.82, 2.24) is 5.16 Å². The highest BCUT2D eigenvalue weighted by molar-refractivity contribution is 6.03. The second-order valence-electron chi connectivity index (χ2n) is 5.58. The Morgan fingerprint density at radius 3 is 2.62 bits per heavy atom. The van der Waals surface area contributed by atoms with Crippen molar-refractivity contribution in [1.29, 1.82) is 0 Å². The van der Waals surface area contributed by atoms with Crippen LogP contribution in [0.1, 0.15) is 30.1 Å². The molecule has 5 nitrogen and oxygen atoms in total. The van der Waals surface area contributed by atoms with Gasteiger partial charge in [0, 0.05) is 24.5 Å². The van der Waals surface area contributed by atoms with Gasteiger partial charge in [-0.2, -0.15) is 0 Å². The fourth-order valence-electron chi connectivity index (χ4n) is 2.54. The van der Waals surface area contributed by atoms with Crippen LogP contribution in [-0.2, 0) is 0 Å². The third-order valence-corrected chi connectivity index (χ3v) is 3.97. The Hall–Kier alpha value is -2.30. The molecule has 0 radical (unpaired) electrons. The van der Waals surface area contributed by atoms with Crippen LogP contribution in [0.4, 0.5) is 11.4 Å². The van der Waals surface area contributed by atoms with E-state index in [1.165, 1.54) is 31.0 Å². The maximum absolute atomic E-state index is 11.9. The van der Waals surface area contributed by atoms with E-state index < -0.39 is 0 Å².